The third-order valence-corrected chi connectivity index (χ3v) is 6.61. The quantitative estimate of drug-likeness (QED) is 0.518. The van der Waals surface area contributed by atoms with Crippen molar-refractivity contribution in [3.63, 3.8) is 0 Å². The van der Waals surface area contributed by atoms with Crippen LogP contribution in [0.2, 0.25) is 5.02 Å². The summed E-state index contributed by atoms with van der Waals surface area (Å²) < 4.78 is 4.39. The number of carboxylic acids is 2. The van der Waals surface area contributed by atoms with Crippen LogP contribution in [0.15, 0.2) is 28.8 Å². The molecule has 0 bridgehead atoms. The van der Waals surface area contributed by atoms with Gasteiger partial charge in [-0.25, -0.2) is 4.79 Å². The van der Waals surface area contributed by atoms with Crippen molar-refractivity contribution < 1.29 is 29.1 Å². The van der Waals surface area contributed by atoms with Crippen LogP contribution in [-0.2, 0) is 9.59 Å². The van der Waals surface area contributed by atoms with Gasteiger partial charge in [0.05, 0.1) is 10.4 Å². The van der Waals surface area contributed by atoms with Gasteiger partial charge in [-0.2, -0.15) is 0 Å². The maximum atomic E-state index is 13.0. The Morgan fingerprint density at radius 2 is 1.97 bits per heavy atom. The molecule has 4 N–H and O–H groups in total. The Labute approximate surface area is 181 Å². The summed E-state index contributed by atoms with van der Waals surface area (Å²) in [6, 6.07) is 4.39. The highest BCUT2D eigenvalue weighted by Gasteiger charge is 2.49. The first-order chi connectivity index (χ1) is 14.0. The van der Waals surface area contributed by atoms with E-state index in [0.29, 0.717) is 10.6 Å². The van der Waals surface area contributed by atoms with Gasteiger partial charge in [-0.1, -0.05) is 35.0 Å². The molecule has 160 valence electrons. The minimum atomic E-state index is -1.39. The molecule has 3 atom stereocenters. The summed E-state index contributed by atoms with van der Waals surface area (Å²) in [4.78, 5) is 36.4. The molecule has 9 nitrogen and oxygen atoms in total. The Hall–Kier alpha value is -2.56. The van der Waals surface area contributed by atoms with E-state index < -0.39 is 40.1 Å². The second kappa shape index (κ2) is 8.29. The molecule has 2 heterocycles. The Morgan fingerprint density at radius 1 is 1.30 bits per heavy atom. The Kier molecular flexibility index (Phi) is 6.11. The van der Waals surface area contributed by atoms with Gasteiger partial charge in [0.25, 0.3) is 5.91 Å². The lowest BCUT2D eigenvalue weighted by atomic mass is 10.0. The monoisotopic (exact) mass is 453 g/mol. The van der Waals surface area contributed by atoms with Gasteiger partial charge in [0, 0.05) is 10.3 Å². The van der Waals surface area contributed by atoms with Crippen molar-refractivity contribution in [1.29, 1.82) is 0 Å². The maximum Gasteiger partial charge on any atom is 0.328 e. The van der Waals surface area contributed by atoms with Crippen LogP contribution < -0.4 is 10.6 Å². The molecule has 0 radical (unpaired) electrons. The van der Waals surface area contributed by atoms with Gasteiger partial charge in [-0.3, -0.25) is 14.9 Å². The van der Waals surface area contributed by atoms with Gasteiger partial charge < -0.3 is 20.1 Å². The highest BCUT2D eigenvalue weighted by Crippen LogP contribution is 2.39. The molecule has 1 aliphatic heterocycles. The van der Waals surface area contributed by atoms with Gasteiger partial charge in [-0.15, -0.1) is 11.8 Å². The number of hydrogen-bond acceptors (Lipinski definition) is 7. The molecule has 1 fully saturated rings. The number of carboxylic acid groups (broad SMARTS) is 2. The first-order valence-corrected chi connectivity index (χ1v) is 10.2. The number of rotatable bonds is 6. The number of thioether (sulfide) groups is 1. The van der Waals surface area contributed by atoms with E-state index in [0.717, 1.165) is 11.8 Å². The average Bonchev–Trinajstić information content (AvgIpc) is 3.19. The summed E-state index contributed by atoms with van der Waals surface area (Å²) >= 11 is 7.34. The van der Waals surface area contributed by atoms with E-state index in [2.05, 4.69) is 15.8 Å². The molecule has 2 aromatic rings. The fourth-order valence-electron chi connectivity index (χ4n) is 3.28. The van der Waals surface area contributed by atoms with Crippen LogP contribution in [-0.4, -0.2) is 55.4 Å². The molecule has 0 unspecified atom stereocenters. The summed E-state index contributed by atoms with van der Waals surface area (Å²) in [5.41, 5.74) is 0.718. The van der Waals surface area contributed by atoms with Crippen molar-refractivity contribution in [2.45, 2.75) is 43.0 Å². The van der Waals surface area contributed by atoms with Gasteiger partial charge >= 0.3 is 11.9 Å². The Balaban J connectivity index is 1.90. The van der Waals surface area contributed by atoms with Crippen LogP contribution in [0, 0.1) is 6.92 Å². The molecule has 1 aliphatic rings. The number of nitrogens with one attached hydrogen (secondary N) is 2. The van der Waals surface area contributed by atoms with Crippen LogP contribution in [0.25, 0.3) is 11.3 Å². The van der Waals surface area contributed by atoms with E-state index in [1.807, 2.05) is 0 Å². The molecule has 30 heavy (non-hydrogen) atoms. The van der Waals surface area contributed by atoms with Gasteiger partial charge in [0.1, 0.15) is 23.1 Å². The van der Waals surface area contributed by atoms with E-state index in [9.17, 15) is 24.6 Å². The van der Waals surface area contributed by atoms with Gasteiger partial charge in [-0.05, 0) is 26.8 Å². The number of aromatic nitrogens is 1. The smallest absolute Gasteiger partial charge is 0.328 e. The van der Waals surface area contributed by atoms with Crippen LogP contribution in [0.5, 0.6) is 0 Å². The zero-order valence-electron chi connectivity index (χ0n) is 16.3. The van der Waals surface area contributed by atoms with Crippen LogP contribution in [0.4, 0.5) is 0 Å². The molecular weight excluding hydrogens is 434 g/mol. The molecule has 11 heteroatoms. The zero-order chi connectivity index (χ0) is 22.2. The predicted molar refractivity (Wildman–Crippen MR) is 111 cm³/mol. The minimum absolute atomic E-state index is 0.0615. The molecule has 0 aliphatic carbocycles. The second-order valence-electron chi connectivity index (χ2n) is 7.31. The van der Waals surface area contributed by atoms with Crippen molar-refractivity contribution >= 4 is 41.2 Å². The Bertz CT molecular complexity index is 1010. The largest absolute Gasteiger partial charge is 0.480 e. The highest BCUT2D eigenvalue weighted by molar-refractivity contribution is 8.01. The van der Waals surface area contributed by atoms with E-state index in [1.165, 1.54) is 6.92 Å². The van der Waals surface area contributed by atoms with Crippen LogP contribution in [0.3, 0.4) is 0 Å². The molecule has 0 saturated carbocycles. The standard InChI is InChI=1S/C19H20ClN3O6S/c1-8-11(12(23-29-8)9-6-4-5-7-10(9)20)15(24)21-13(17(25)26)16-22-14(18(27)28)19(2,3)30-16/h4-7,13-14,16,22H,1-3H3,(H,21,24)(H,25,26)(H,27,28)/t13-,14+,16-/m1/s1. The number of amides is 1. The van der Waals surface area contributed by atoms with Crippen molar-refractivity contribution in [2.75, 3.05) is 0 Å². The minimum Gasteiger partial charge on any atom is -0.480 e. The van der Waals surface area contributed by atoms with Gasteiger partial charge in [0.2, 0.25) is 0 Å². The number of hydrogen-bond donors (Lipinski definition) is 4. The maximum absolute atomic E-state index is 13.0. The van der Waals surface area contributed by atoms with E-state index >= 15 is 0 Å². The third-order valence-electron chi connectivity index (χ3n) is 4.78. The summed E-state index contributed by atoms with van der Waals surface area (Å²) in [5, 5.41) is 27.8. The van der Waals surface area contributed by atoms with Crippen molar-refractivity contribution in [3.8, 4) is 11.3 Å². The van der Waals surface area contributed by atoms with E-state index in [1.54, 1.807) is 38.1 Å². The van der Waals surface area contributed by atoms with Crippen LogP contribution >= 0.6 is 23.4 Å². The topological polar surface area (TPSA) is 142 Å². The highest BCUT2D eigenvalue weighted by atomic mass is 35.5. The molecule has 1 amide bonds. The van der Waals surface area contributed by atoms with Gasteiger partial charge in [0.15, 0.2) is 6.04 Å². The number of nitrogens with zero attached hydrogens (tertiary/aromatic N) is 1. The first-order valence-electron chi connectivity index (χ1n) is 8.94. The first kappa shape index (κ1) is 22.1. The SMILES string of the molecule is Cc1onc(-c2ccccc2Cl)c1C(=O)N[C@@H](C(=O)O)[C@@H]1N[C@@H](C(=O)O)C(C)(C)S1. The summed E-state index contributed by atoms with van der Waals surface area (Å²) in [5.74, 6) is -2.91. The molecule has 0 spiro atoms. The normalized spacial score (nSPS) is 21.2. The fourth-order valence-corrected chi connectivity index (χ4v) is 4.99. The van der Waals surface area contributed by atoms with Crippen molar-refractivity contribution in [1.82, 2.24) is 15.8 Å². The molecule has 1 aromatic heterocycles. The number of carbonyl (C=O) groups is 3. The Morgan fingerprint density at radius 3 is 2.53 bits per heavy atom. The summed E-state index contributed by atoms with van der Waals surface area (Å²) in [7, 11) is 0. The van der Waals surface area contributed by atoms with E-state index in [-0.39, 0.29) is 17.0 Å². The molecule has 1 saturated heterocycles. The average molecular weight is 454 g/mol. The molecule has 3 rings (SSSR count). The number of carbonyl (C=O) groups excluding carboxylic acids is 1. The molecular formula is C19H20ClN3O6S. The number of benzene rings is 1. The second-order valence-corrected chi connectivity index (χ2v) is 9.51. The molecule has 1 aromatic carbocycles. The summed E-state index contributed by atoms with van der Waals surface area (Å²) in [6.45, 7) is 4.93. The lowest BCUT2D eigenvalue weighted by Gasteiger charge is -2.22. The van der Waals surface area contributed by atoms with Crippen molar-refractivity contribution in [3.05, 3.63) is 40.6 Å². The third kappa shape index (κ3) is 4.16. The summed E-state index contributed by atoms with van der Waals surface area (Å²) in [6.07, 6.45) is 0. The lowest BCUT2D eigenvalue weighted by Crippen LogP contribution is -2.53. The predicted octanol–water partition coefficient (Wildman–Crippen LogP) is 2.38. The van der Waals surface area contributed by atoms with E-state index in [4.69, 9.17) is 16.1 Å². The van der Waals surface area contributed by atoms with Crippen LogP contribution in [0.1, 0.15) is 30.0 Å². The fraction of sp³-hybridized carbons (Fsp3) is 0.368. The van der Waals surface area contributed by atoms with Crippen molar-refractivity contribution in [2.24, 2.45) is 0 Å². The number of halogens is 1. The lowest BCUT2D eigenvalue weighted by molar-refractivity contribution is -0.142. The number of aryl methyl sites for hydroxylation is 1. The zero-order valence-corrected chi connectivity index (χ0v) is 17.9. The number of aliphatic carboxylic acids is 2.